The summed E-state index contributed by atoms with van der Waals surface area (Å²) in [6, 6.07) is 0. The molecule has 0 radical (unpaired) electrons. The summed E-state index contributed by atoms with van der Waals surface area (Å²) in [6.07, 6.45) is 10.7. The second-order valence-corrected chi connectivity index (χ2v) is 6.59. The van der Waals surface area contributed by atoms with Crippen LogP contribution in [0.3, 0.4) is 0 Å². The quantitative estimate of drug-likeness (QED) is 0.575. The first-order chi connectivity index (χ1) is 7.38. The standard InChI is InChI=1S/C12H23NP2/c1-3-5-7-9-11-12(14-15-13-11)10-8-6-4-2/h15H,3-10H2,1-2H3. The molecule has 1 aromatic heterocycles. The summed E-state index contributed by atoms with van der Waals surface area (Å²) < 4.78 is 4.66. The maximum Gasteiger partial charge on any atom is 0.0526 e. The van der Waals surface area contributed by atoms with Crippen molar-refractivity contribution in [1.82, 2.24) is 4.75 Å². The second kappa shape index (κ2) is 8.31. The lowest BCUT2D eigenvalue weighted by Gasteiger charge is -2.01. The first kappa shape index (κ1) is 13.2. The largest absolute Gasteiger partial charge is 0.240 e. The summed E-state index contributed by atoms with van der Waals surface area (Å²) in [5, 5.41) is 1.66. The van der Waals surface area contributed by atoms with Crippen molar-refractivity contribution in [3.05, 3.63) is 11.0 Å². The van der Waals surface area contributed by atoms with Crippen molar-refractivity contribution in [3.63, 3.8) is 0 Å². The maximum absolute atomic E-state index is 4.66. The van der Waals surface area contributed by atoms with E-state index in [2.05, 4.69) is 18.6 Å². The van der Waals surface area contributed by atoms with E-state index >= 15 is 0 Å². The third-order valence-electron chi connectivity index (χ3n) is 2.74. The van der Waals surface area contributed by atoms with Gasteiger partial charge in [-0.15, -0.1) is 0 Å². The van der Waals surface area contributed by atoms with Crippen LogP contribution in [0.4, 0.5) is 0 Å². The van der Waals surface area contributed by atoms with Crippen LogP contribution in [-0.4, -0.2) is 4.75 Å². The average Bonchev–Trinajstić information content (AvgIpc) is 2.67. The summed E-state index contributed by atoms with van der Waals surface area (Å²) in [6.45, 7) is 4.54. The Morgan fingerprint density at radius 1 is 1.00 bits per heavy atom. The van der Waals surface area contributed by atoms with Crippen LogP contribution in [0.5, 0.6) is 0 Å². The van der Waals surface area contributed by atoms with Gasteiger partial charge in [0.05, 0.1) is 5.69 Å². The molecule has 1 unspecified atom stereocenters. The number of aryl methyl sites for hydroxylation is 2. The van der Waals surface area contributed by atoms with E-state index < -0.39 is 0 Å². The van der Waals surface area contributed by atoms with Gasteiger partial charge in [-0.25, -0.2) is 4.75 Å². The van der Waals surface area contributed by atoms with Crippen molar-refractivity contribution in [2.45, 2.75) is 65.2 Å². The molecule has 0 amide bonds. The lowest BCUT2D eigenvalue weighted by molar-refractivity contribution is 0.692. The van der Waals surface area contributed by atoms with E-state index in [0.717, 1.165) is 8.03 Å². The van der Waals surface area contributed by atoms with Crippen LogP contribution < -0.4 is 0 Å². The summed E-state index contributed by atoms with van der Waals surface area (Å²) in [5.41, 5.74) is 1.47. The number of aromatic nitrogens is 1. The van der Waals surface area contributed by atoms with Gasteiger partial charge in [0.2, 0.25) is 0 Å². The predicted octanol–water partition coefficient (Wildman–Crippen LogP) is 5.16. The van der Waals surface area contributed by atoms with Crippen LogP contribution in [0, 0.1) is 0 Å². The fraction of sp³-hybridized carbons (Fsp3) is 0.833. The Kier molecular flexibility index (Phi) is 7.32. The number of hydrogen-bond acceptors (Lipinski definition) is 1. The number of rotatable bonds is 8. The Bertz CT molecular complexity index is 233. The highest BCUT2D eigenvalue weighted by atomic mass is 31.8. The van der Waals surface area contributed by atoms with Crippen molar-refractivity contribution in [2.24, 2.45) is 0 Å². The molecule has 0 aromatic carbocycles. The third kappa shape index (κ3) is 5.14. The smallest absolute Gasteiger partial charge is 0.0526 e. The zero-order valence-corrected chi connectivity index (χ0v) is 11.9. The molecule has 1 heterocycles. The Hall–Kier alpha value is 0.140. The highest BCUT2D eigenvalue weighted by molar-refractivity contribution is 7.89. The Morgan fingerprint density at radius 3 is 2.33 bits per heavy atom. The second-order valence-electron chi connectivity index (χ2n) is 4.13. The molecule has 1 rings (SSSR count). The van der Waals surface area contributed by atoms with Crippen molar-refractivity contribution in [3.8, 4) is 0 Å². The van der Waals surface area contributed by atoms with Gasteiger partial charge in [-0.3, -0.25) is 0 Å². The number of unbranched alkanes of at least 4 members (excludes halogenated alkanes) is 4. The minimum atomic E-state index is 0.816. The van der Waals surface area contributed by atoms with E-state index in [4.69, 9.17) is 0 Å². The topological polar surface area (TPSA) is 12.9 Å². The van der Waals surface area contributed by atoms with Crippen LogP contribution in [0.15, 0.2) is 0 Å². The highest BCUT2D eigenvalue weighted by Crippen LogP contribution is 2.30. The molecular formula is C12H23NP2. The normalized spacial score (nSPS) is 11.9. The lowest BCUT2D eigenvalue weighted by atomic mass is 10.1. The third-order valence-corrected chi connectivity index (χ3v) is 5.37. The predicted molar refractivity (Wildman–Crippen MR) is 72.7 cm³/mol. The molecule has 0 N–H and O–H groups in total. The minimum Gasteiger partial charge on any atom is -0.240 e. The van der Waals surface area contributed by atoms with Gasteiger partial charge in [-0.2, -0.15) is 0 Å². The van der Waals surface area contributed by atoms with E-state index in [-0.39, 0.29) is 0 Å². The molecule has 15 heavy (non-hydrogen) atoms. The molecule has 1 aromatic rings. The molecule has 0 aliphatic rings. The van der Waals surface area contributed by atoms with Gasteiger partial charge in [-0.05, 0) is 41.6 Å². The molecule has 3 heteroatoms. The van der Waals surface area contributed by atoms with Gasteiger partial charge in [0, 0.05) is 5.30 Å². The fourth-order valence-corrected chi connectivity index (χ4v) is 4.55. The maximum atomic E-state index is 4.66. The average molecular weight is 243 g/mol. The van der Waals surface area contributed by atoms with Gasteiger partial charge in [0.1, 0.15) is 0 Å². The Labute approximate surface area is 97.2 Å². The molecular weight excluding hydrogens is 220 g/mol. The summed E-state index contributed by atoms with van der Waals surface area (Å²) in [7, 11) is 2.34. The zero-order chi connectivity index (χ0) is 10.9. The summed E-state index contributed by atoms with van der Waals surface area (Å²) >= 11 is 0. The van der Waals surface area contributed by atoms with Crippen LogP contribution in [-0.2, 0) is 12.8 Å². The van der Waals surface area contributed by atoms with Crippen molar-refractivity contribution in [1.29, 1.82) is 0 Å². The zero-order valence-electron chi connectivity index (χ0n) is 10.1. The first-order valence-corrected chi connectivity index (χ1v) is 8.95. The number of hydrogen-bond donors (Lipinski definition) is 0. The summed E-state index contributed by atoms with van der Waals surface area (Å²) in [5.74, 6) is 0. The molecule has 0 fully saturated rings. The van der Waals surface area contributed by atoms with Crippen LogP contribution in [0.25, 0.3) is 0 Å². The van der Waals surface area contributed by atoms with E-state index in [9.17, 15) is 0 Å². The van der Waals surface area contributed by atoms with Gasteiger partial charge in [-0.1, -0.05) is 39.5 Å². The van der Waals surface area contributed by atoms with Crippen molar-refractivity contribution in [2.75, 3.05) is 0 Å². The highest BCUT2D eigenvalue weighted by Gasteiger charge is 2.04. The Balaban J connectivity index is 2.32. The van der Waals surface area contributed by atoms with E-state index in [1.807, 2.05) is 0 Å². The molecule has 1 atom stereocenters. The van der Waals surface area contributed by atoms with Gasteiger partial charge >= 0.3 is 0 Å². The molecule has 86 valence electrons. The summed E-state index contributed by atoms with van der Waals surface area (Å²) in [4.78, 5) is 0. The lowest BCUT2D eigenvalue weighted by Crippen LogP contribution is -1.91. The van der Waals surface area contributed by atoms with E-state index in [0.29, 0.717) is 0 Å². The van der Waals surface area contributed by atoms with Crippen LogP contribution in [0.2, 0.25) is 0 Å². The molecule has 0 spiro atoms. The van der Waals surface area contributed by atoms with Crippen LogP contribution >= 0.6 is 15.9 Å². The molecule has 0 bridgehead atoms. The molecule has 0 aliphatic carbocycles. The monoisotopic (exact) mass is 243 g/mol. The fourth-order valence-electron chi connectivity index (χ4n) is 1.76. The number of nitrogens with zero attached hydrogens (tertiary/aromatic N) is 1. The van der Waals surface area contributed by atoms with Crippen molar-refractivity contribution >= 4 is 15.9 Å². The van der Waals surface area contributed by atoms with Crippen LogP contribution in [0.1, 0.15) is 63.4 Å². The van der Waals surface area contributed by atoms with E-state index in [1.165, 1.54) is 64.9 Å². The van der Waals surface area contributed by atoms with Crippen molar-refractivity contribution < 1.29 is 0 Å². The molecule has 0 aliphatic heterocycles. The molecule has 0 saturated heterocycles. The van der Waals surface area contributed by atoms with Gasteiger partial charge in [0.15, 0.2) is 0 Å². The molecule has 1 nitrogen and oxygen atoms in total. The SMILES string of the molecule is CCCCCc1n[pH]pc1CCCCC. The van der Waals surface area contributed by atoms with Gasteiger partial charge < -0.3 is 0 Å². The first-order valence-electron chi connectivity index (χ1n) is 6.27. The van der Waals surface area contributed by atoms with E-state index in [1.54, 1.807) is 5.30 Å². The minimum absolute atomic E-state index is 0.816. The Morgan fingerprint density at radius 2 is 1.67 bits per heavy atom. The molecule has 0 saturated carbocycles. The van der Waals surface area contributed by atoms with Gasteiger partial charge in [0.25, 0.3) is 0 Å².